The second-order valence-electron chi connectivity index (χ2n) is 6.24. The van der Waals surface area contributed by atoms with Crippen molar-refractivity contribution in [3.05, 3.63) is 11.9 Å². The molecule has 0 aliphatic carbocycles. The van der Waals surface area contributed by atoms with Gasteiger partial charge >= 0.3 is 0 Å². The smallest absolute Gasteiger partial charge is 0.262 e. The summed E-state index contributed by atoms with van der Waals surface area (Å²) in [7, 11) is 1.71. The second kappa shape index (κ2) is 4.26. The van der Waals surface area contributed by atoms with Crippen molar-refractivity contribution in [3.8, 4) is 0 Å². The highest BCUT2D eigenvalue weighted by atomic mass is 19.3. The molecule has 1 saturated heterocycles. The zero-order chi connectivity index (χ0) is 13.6. The topological polar surface area (TPSA) is 34.0 Å². The summed E-state index contributed by atoms with van der Waals surface area (Å²) in [6.45, 7) is 6.50. The molecule has 6 heteroatoms. The molecule has 0 spiro atoms. The molecular formula is C12H20F2N4. The third-order valence-corrected chi connectivity index (χ3v) is 3.21. The first-order valence-corrected chi connectivity index (χ1v) is 6.16. The summed E-state index contributed by atoms with van der Waals surface area (Å²) in [6.07, 6.45) is 1.63. The zero-order valence-electron chi connectivity index (χ0n) is 11.3. The highest BCUT2D eigenvalue weighted by molar-refractivity contribution is 5.07. The highest BCUT2D eigenvalue weighted by Gasteiger charge is 2.40. The van der Waals surface area contributed by atoms with Crippen LogP contribution in [-0.4, -0.2) is 46.0 Å². The van der Waals surface area contributed by atoms with Gasteiger partial charge in [0.25, 0.3) is 5.92 Å². The summed E-state index contributed by atoms with van der Waals surface area (Å²) in [6, 6.07) is -0.303. The molecule has 1 aliphatic heterocycles. The first-order valence-electron chi connectivity index (χ1n) is 6.16. The van der Waals surface area contributed by atoms with E-state index in [4.69, 9.17) is 0 Å². The maximum absolute atomic E-state index is 13.5. The fraction of sp³-hybridized carbons (Fsp3) is 0.833. The first kappa shape index (κ1) is 13.4. The minimum Gasteiger partial charge on any atom is -0.298 e. The Hall–Kier alpha value is -1.04. The predicted molar refractivity (Wildman–Crippen MR) is 64.8 cm³/mol. The summed E-state index contributed by atoms with van der Waals surface area (Å²) in [5.74, 6) is -2.65. The molecule has 0 aromatic carbocycles. The normalized spacial score (nSPS) is 25.3. The lowest BCUT2D eigenvalue weighted by Crippen LogP contribution is -2.45. The van der Waals surface area contributed by atoms with E-state index in [1.54, 1.807) is 22.8 Å². The summed E-state index contributed by atoms with van der Waals surface area (Å²) in [4.78, 5) is 1.65. The van der Waals surface area contributed by atoms with Gasteiger partial charge in [0, 0.05) is 24.6 Å². The quantitative estimate of drug-likeness (QED) is 0.773. The Morgan fingerprint density at radius 2 is 2.06 bits per heavy atom. The van der Waals surface area contributed by atoms with E-state index in [1.165, 1.54) is 0 Å². The molecule has 0 radical (unpaired) electrons. The Labute approximate surface area is 106 Å². The molecule has 1 aromatic rings. The fourth-order valence-corrected chi connectivity index (χ4v) is 2.27. The average molecular weight is 258 g/mol. The lowest BCUT2D eigenvalue weighted by atomic mass is 9.93. The largest absolute Gasteiger partial charge is 0.298 e. The Balaban J connectivity index is 2.19. The number of halogens is 2. The van der Waals surface area contributed by atoms with Gasteiger partial charge in [-0.1, -0.05) is 26.0 Å². The van der Waals surface area contributed by atoms with Crippen molar-refractivity contribution in [2.45, 2.75) is 44.6 Å². The van der Waals surface area contributed by atoms with E-state index in [0.717, 1.165) is 5.69 Å². The molecule has 0 amide bonds. The zero-order valence-corrected chi connectivity index (χ0v) is 11.3. The second-order valence-corrected chi connectivity index (χ2v) is 6.24. The molecule has 0 bridgehead atoms. The summed E-state index contributed by atoms with van der Waals surface area (Å²) < 4.78 is 28.6. The molecule has 102 valence electrons. The van der Waals surface area contributed by atoms with Crippen LogP contribution >= 0.6 is 0 Å². The Morgan fingerprint density at radius 1 is 1.39 bits per heavy atom. The number of piperidine rings is 1. The lowest BCUT2D eigenvalue weighted by molar-refractivity contribution is -0.0763. The number of hydrogen-bond acceptors (Lipinski definition) is 3. The van der Waals surface area contributed by atoms with Crippen LogP contribution in [0.2, 0.25) is 0 Å². The SMILES string of the molecule is CN1CC(n2cc(C(C)(C)C)nn2)CC(F)(F)C1. The van der Waals surface area contributed by atoms with Crippen LogP contribution in [0, 0.1) is 0 Å². The van der Waals surface area contributed by atoms with E-state index in [1.807, 2.05) is 20.8 Å². The van der Waals surface area contributed by atoms with Crippen LogP contribution in [0.25, 0.3) is 0 Å². The number of likely N-dealkylation sites (tertiary alicyclic amines) is 1. The number of rotatable bonds is 1. The highest BCUT2D eigenvalue weighted by Crippen LogP contribution is 2.32. The van der Waals surface area contributed by atoms with Crippen molar-refractivity contribution in [3.63, 3.8) is 0 Å². The average Bonchev–Trinajstić information content (AvgIpc) is 2.61. The van der Waals surface area contributed by atoms with Gasteiger partial charge in [-0.2, -0.15) is 0 Å². The van der Waals surface area contributed by atoms with Gasteiger partial charge in [0.1, 0.15) is 0 Å². The van der Waals surface area contributed by atoms with Crippen molar-refractivity contribution >= 4 is 0 Å². The standard InChI is InChI=1S/C12H20F2N4/c1-11(2,3)10-7-18(16-15-10)9-5-12(13,14)8-17(4)6-9/h7,9H,5-6,8H2,1-4H3. The van der Waals surface area contributed by atoms with Crippen molar-refractivity contribution in [2.24, 2.45) is 0 Å². The number of aromatic nitrogens is 3. The third-order valence-electron chi connectivity index (χ3n) is 3.21. The minimum atomic E-state index is -2.65. The third kappa shape index (κ3) is 2.85. The molecule has 1 aliphatic rings. The Morgan fingerprint density at radius 3 is 2.56 bits per heavy atom. The molecule has 4 nitrogen and oxygen atoms in total. The van der Waals surface area contributed by atoms with Gasteiger partial charge in [-0.05, 0) is 7.05 Å². The summed E-state index contributed by atoms with van der Waals surface area (Å²) in [5.41, 5.74) is 0.723. The maximum atomic E-state index is 13.5. The number of alkyl halides is 2. The van der Waals surface area contributed by atoms with Gasteiger partial charge in [0.05, 0.1) is 18.3 Å². The molecular weight excluding hydrogens is 238 g/mol. The van der Waals surface area contributed by atoms with Gasteiger partial charge in [-0.3, -0.25) is 4.90 Å². The first-order chi connectivity index (χ1) is 8.17. The van der Waals surface area contributed by atoms with Crippen molar-refractivity contribution < 1.29 is 8.78 Å². The predicted octanol–water partition coefficient (Wildman–Crippen LogP) is 2.09. The summed E-state index contributed by atoms with van der Waals surface area (Å²) in [5, 5.41) is 8.10. The number of likely N-dealkylation sites (N-methyl/N-ethyl adjacent to an activating group) is 1. The van der Waals surface area contributed by atoms with E-state index in [9.17, 15) is 8.78 Å². The number of nitrogens with zero attached hydrogens (tertiary/aromatic N) is 4. The minimum absolute atomic E-state index is 0.110. The van der Waals surface area contributed by atoms with Crippen LogP contribution in [-0.2, 0) is 5.41 Å². The molecule has 1 atom stereocenters. The van der Waals surface area contributed by atoms with Gasteiger partial charge in [0.15, 0.2) is 0 Å². The van der Waals surface area contributed by atoms with Gasteiger partial charge in [-0.15, -0.1) is 5.10 Å². The molecule has 0 saturated carbocycles. The molecule has 1 fully saturated rings. The fourth-order valence-electron chi connectivity index (χ4n) is 2.27. The summed E-state index contributed by atoms with van der Waals surface area (Å²) >= 11 is 0. The van der Waals surface area contributed by atoms with Crippen molar-refractivity contribution in [1.29, 1.82) is 0 Å². The van der Waals surface area contributed by atoms with Crippen LogP contribution in [0.15, 0.2) is 6.20 Å². The molecule has 1 unspecified atom stereocenters. The van der Waals surface area contributed by atoms with Crippen LogP contribution in [0.3, 0.4) is 0 Å². The van der Waals surface area contributed by atoms with Crippen LogP contribution < -0.4 is 0 Å². The lowest BCUT2D eigenvalue weighted by Gasteiger charge is -2.35. The Kier molecular flexibility index (Phi) is 3.17. The van der Waals surface area contributed by atoms with Gasteiger partial charge in [-0.25, -0.2) is 13.5 Å². The van der Waals surface area contributed by atoms with Gasteiger partial charge in [0.2, 0.25) is 0 Å². The van der Waals surface area contributed by atoms with E-state index in [-0.39, 0.29) is 24.4 Å². The monoisotopic (exact) mass is 258 g/mol. The van der Waals surface area contributed by atoms with E-state index in [0.29, 0.717) is 6.54 Å². The molecule has 1 aromatic heterocycles. The Bertz CT molecular complexity index is 422. The van der Waals surface area contributed by atoms with E-state index >= 15 is 0 Å². The van der Waals surface area contributed by atoms with Crippen LogP contribution in [0.5, 0.6) is 0 Å². The molecule has 2 rings (SSSR count). The molecule has 2 heterocycles. The van der Waals surface area contributed by atoms with Crippen molar-refractivity contribution in [2.75, 3.05) is 20.1 Å². The van der Waals surface area contributed by atoms with Crippen LogP contribution in [0.1, 0.15) is 38.9 Å². The van der Waals surface area contributed by atoms with Gasteiger partial charge < -0.3 is 0 Å². The molecule has 0 N–H and O–H groups in total. The van der Waals surface area contributed by atoms with E-state index in [2.05, 4.69) is 10.3 Å². The maximum Gasteiger partial charge on any atom is 0.262 e. The number of hydrogen-bond donors (Lipinski definition) is 0. The van der Waals surface area contributed by atoms with Crippen molar-refractivity contribution in [1.82, 2.24) is 19.9 Å². The van der Waals surface area contributed by atoms with Crippen LogP contribution in [0.4, 0.5) is 8.78 Å². The van der Waals surface area contributed by atoms with E-state index < -0.39 is 5.92 Å². The molecule has 18 heavy (non-hydrogen) atoms.